The maximum atomic E-state index is 13.8. The van der Waals surface area contributed by atoms with E-state index >= 15 is 0 Å². The third kappa shape index (κ3) is 4.58. The van der Waals surface area contributed by atoms with Gasteiger partial charge in [-0.05, 0) is 67.8 Å². The number of hydrogen-bond acceptors (Lipinski definition) is 5. The van der Waals surface area contributed by atoms with Gasteiger partial charge >= 0.3 is 5.97 Å². The van der Waals surface area contributed by atoms with Gasteiger partial charge in [0.15, 0.2) is 0 Å². The van der Waals surface area contributed by atoms with Gasteiger partial charge in [0.2, 0.25) is 0 Å². The van der Waals surface area contributed by atoms with Gasteiger partial charge in [-0.2, -0.15) is 0 Å². The number of aromatic nitrogens is 1. The summed E-state index contributed by atoms with van der Waals surface area (Å²) in [7, 11) is 1.89. The van der Waals surface area contributed by atoms with Crippen LogP contribution in [0.25, 0.3) is 10.9 Å². The number of anilines is 1. The molecule has 0 fully saturated rings. The second-order valence-electron chi connectivity index (χ2n) is 9.77. The lowest BCUT2D eigenvalue weighted by Crippen LogP contribution is -2.41. The van der Waals surface area contributed by atoms with Crippen LogP contribution in [0.15, 0.2) is 54.6 Å². The molecule has 38 heavy (non-hydrogen) atoms. The average Bonchev–Trinajstić information content (AvgIpc) is 3.15. The number of carboxylic acids is 1. The quantitative estimate of drug-likeness (QED) is 0.375. The van der Waals surface area contributed by atoms with Crippen LogP contribution >= 0.6 is 0 Å². The third-order valence-electron chi connectivity index (χ3n) is 7.05. The van der Waals surface area contributed by atoms with E-state index in [4.69, 9.17) is 9.47 Å². The summed E-state index contributed by atoms with van der Waals surface area (Å²) in [6, 6.07) is 15.5. The Morgan fingerprint density at radius 3 is 2.61 bits per heavy atom. The van der Waals surface area contributed by atoms with E-state index in [0.717, 1.165) is 16.5 Å². The van der Waals surface area contributed by atoms with Gasteiger partial charge in [-0.25, -0.2) is 4.39 Å². The zero-order valence-electron chi connectivity index (χ0n) is 21.7. The molecule has 8 heteroatoms. The van der Waals surface area contributed by atoms with Crippen LogP contribution in [-0.2, 0) is 11.2 Å². The maximum absolute atomic E-state index is 13.8. The Balaban J connectivity index is 1.39. The van der Waals surface area contributed by atoms with Crippen LogP contribution in [0.2, 0.25) is 0 Å². The second-order valence-corrected chi connectivity index (χ2v) is 9.77. The molecule has 0 aliphatic carbocycles. The number of carboxylic acid groups (broad SMARTS) is 1. The smallest absolute Gasteiger partial charge is 0.307 e. The molecule has 4 aromatic rings. The van der Waals surface area contributed by atoms with Crippen molar-refractivity contribution >= 4 is 28.5 Å². The molecule has 0 radical (unpaired) electrons. The summed E-state index contributed by atoms with van der Waals surface area (Å²) in [5.74, 6) is -0.213. The Morgan fingerprint density at radius 1 is 1.08 bits per heavy atom. The topological polar surface area (TPSA) is 81.0 Å². The van der Waals surface area contributed by atoms with Crippen LogP contribution in [-0.4, -0.2) is 47.9 Å². The first-order valence-corrected chi connectivity index (χ1v) is 12.4. The number of rotatable bonds is 6. The van der Waals surface area contributed by atoms with Crippen molar-refractivity contribution in [1.82, 2.24) is 4.57 Å². The zero-order valence-corrected chi connectivity index (χ0v) is 21.7. The molecule has 1 aliphatic rings. The summed E-state index contributed by atoms with van der Waals surface area (Å²) in [6.45, 7) is 6.35. The SMILES string of the molecule is Cc1cc(C(=O)n2c(C)c(CC(=O)O)c3ccccc32)c(C)cc1OC[C@@H]1CN(C)c2cc(F)ccc2O1. The van der Waals surface area contributed by atoms with Crippen molar-refractivity contribution in [3.05, 3.63) is 88.4 Å². The van der Waals surface area contributed by atoms with Gasteiger partial charge in [0.1, 0.15) is 30.0 Å². The molecule has 7 nitrogen and oxygen atoms in total. The molecule has 3 aromatic carbocycles. The monoisotopic (exact) mass is 516 g/mol. The van der Waals surface area contributed by atoms with E-state index in [1.54, 1.807) is 17.6 Å². The number of likely N-dealkylation sites (N-methyl/N-ethyl adjacent to an activating group) is 1. The van der Waals surface area contributed by atoms with E-state index in [0.29, 0.717) is 46.1 Å². The Bertz CT molecular complexity index is 1570. The highest BCUT2D eigenvalue weighted by atomic mass is 19.1. The Morgan fingerprint density at radius 2 is 1.84 bits per heavy atom. The van der Waals surface area contributed by atoms with E-state index in [2.05, 4.69) is 0 Å². The van der Waals surface area contributed by atoms with Gasteiger partial charge < -0.3 is 19.5 Å². The van der Waals surface area contributed by atoms with Crippen LogP contribution < -0.4 is 14.4 Å². The van der Waals surface area contributed by atoms with Gasteiger partial charge in [-0.1, -0.05) is 18.2 Å². The molecule has 0 saturated heterocycles. The number of fused-ring (bicyclic) bond motifs is 2. The lowest BCUT2D eigenvalue weighted by atomic mass is 10.0. The molecular formula is C30H29FN2O5. The second kappa shape index (κ2) is 9.85. The molecule has 2 heterocycles. The van der Waals surface area contributed by atoms with Gasteiger partial charge in [0.05, 0.1) is 24.2 Å². The predicted molar refractivity (Wildman–Crippen MR) is 143 cm³/mol. The van der Waals surface area contributed by atoms with Crippen molar-refractivity contribution in [3.63, 3.8) is 0 Å². The lowest BCUT2D eigenvalue weighted by molar-refractivity contribution is -0.136. The molecule has 0 bridgehead atoms. The summed E-state index contributed by atoms with van der Waals surface area (Å²) >= 11 is 0. The molecule has 196 valence electrons. The van der Waals surface area contributed by atoms with Crippen LogP contribution in [0.1, 0.15) is 32.7 Å². The maximum Gasteiger partial charge on any atom is 0.307 e. The van der Waals surface area contributed by atoms with Crippen molar-refractivity contribution in [2.75, 3.05) is 25.1 Å². The number of nitrogens with zero attached hydrogens (tertiary/aromatic N) is 2. The molecule has 1 atom stereocenters. The number of aliphatic carboxylic acids is 1. The summed E-state index contributed by atoms with van der Waals surface area (Å²) in [5.41, 5.74) is 4.70. The molecule has 1 aliphatic heterocycles. The first-order valence-electron chi connectivity index (χ1n) is 12.4. The fraction of sp³-hybridized carbons (Fsp3) is 0.267. The Hall–Kier alpha value is -4.33. The number of aryl methyl sites for hydroxylation is 2. The Kier molecular flexibility index (Phi) is 6.57. The number of para-hydroxylation sites is 1. The molecule has 1 N–H and O–H groups in total. The molecular weight excluding hydrogens is 487 g/mol. The van der Waals surface area contributed by atoms with Crippen LogP contribution in [0.4, 0.5) is 10.1 Å². The van der Waals surface area contributed by atoms with Crippen molar-refractivity contribution in [3.8, 4) is 11.5 Å². The largest absolute Gasteiger partial charge is 0.489 e. The molecule has 0 saturated carbocycles. The first kappa shape index (κ1) is 25.3. The number of halogens is 1. The van der Waals surface area contributed by atoms with Crippen LogP contribution in [0, 0.1) is 26.6 Å². The van der Waals surface area contributed by atoms with E-state index < -0.39 is 5.97 Å². The zero-order chi connectivity index (χ0) is 27.1. The standard InChI is InChI=1S/C30H29FN2O5/c1-17-12-28(37-16-21-15-32(4)26-13-20(31)9-10-27(26)38-21)18(2)11-23(17)30(36)33-19(3)24(14-29(34)35)22-7-5-6-8-25(22)33/h5-13,21H,14-16H2,1-4H3,(H,34,35)/t21-/m0/s1. The number of carbonyl (C=O) groups excluding carboxylic acids is 1. The summed E-state index contributed by atoms with van der Waals surface area (Å²) in [4.78, 5) is 27.2. The van der Waals surface area contributed by atoms with Gasteiger partial charge in [-0.15, -0.1) is 0 Å². The predicted octanol–water partition coefficient (Wildman–Crippen LogP) is 5.30. The van der Waals surface area contributed by atoms with Crippen molar-refractivity contribution < 1.29 is 28.6 Å². The summed E-state index contributed by atoms with van der Waals surface area (Å²) in [6.07, 6.45) is -0.407. The molecule has 0 amide bonds. The molecule has 0 unspecified atom stereocenters. The van der Waals surface area contributed by atoms with Gasteiger partial charge in [0.25, 0.3) is 5.91 Å². The number of ether oxygens (including phenoxy) is 2. The molecule has 0 spiro atoms. The summed E-state index contributed by atoms with van der Waals surface area (Å²) in [5, 5.41) is 10.2. The van der Waals surface area contributed by atoms with Crippen LogP contribution in [0.5, 0.6) is 11.5 Å². The van der Waals surface area contributed by atoms with E-state index in [-0.39, 0.29) is 30.9 Å². The summed E-state index contributed by atoms with van der Waals surface area (Å²) < 4.78 is 27.3. The number of benzene rings is 3. The van der Waals surface area contributed by atoms with E-state index in [1.807, 2.05) is 62.2 Å². The first-order chi connectivity index (χ1) is 18.1. The number of hydrogen-bond donors (Lipinski definition) is 1. The lowest BCUT2D eigenvalue weighted by Gasteiger charge is -2.33. The van der Waals surface area contributed by atoms with Crippen molar-refractivity contribution in [2.24, 2.45) is 0 Å². The van der Waals surface area contributed by atoms with Crippen molar-refractivity contribution in [1.29, 1.82) is 0 Å². The van der Waals surface area contributed by atoms with Crippen LogP contribution in [0.3, 0.4) is 0 Å². The molecule has 1 aromatic heterocycles. The van der Waals surface area contributed by atoms with Gasteiger partial charge in [0, 0.05) is 29.8 Å². The highest BCUT2D eigenvalue weighted by Crippen LogP contribution is 2.34. The third-order valence-corrected chi connectivity index (χ3v) is 7.05. The normalized spacial score (nSPS) is 14.8. The highest BCUT2D eigenvalue weighted by Gasteiger charge is 2.26. The highest BCUT2D eigenvalue weighted by molar-refractivity contribution is 6.05. The minimum atomic E-state index is -0.944. The molecule has 5 rings (SSSR count). The fourth-order valence-electron chi connectivity index (χ4n) is 5.15. The van der Waals surface area contributed by atoms with Gasteiger partial charge in [-0.3, -0.25) is 14.2 Å². The van der Waals surface area contributed by atoms with Crippen molar-refractivity contribution in [2.45, 2.75) is 33.3 Å². The average molecular weight is 517 g/mol. The minimum Gasteiger partial charge on any atom is -0.489 e. The Labute approximate surface area is 220 Å². The van der Waals surface area contributed by atoms with E-state index in [9.17, 15) is 19.1 Å². The minimum absolute atomic E-state index is 0.157. The number of carbonyl (C=O) groups is 2. The fourth-order valence-corrected chi connectivity index (χ4v) is 5.15. The van der Waals surface area contributed by atoms with E-state index in [1.165, 1.54) is 12.1 Å².